The molecule has 0 saturated carbocycles. The largest absolute Gasteiger partial charge is 0.394 e. The number of fused-ring (bicyclic) bond motifs is 1. The molecule has 5 heteroatoms. The van der Waals surface area contributed by atoms with Gasteiger partial charge in [0.05, 0.1) is 11.4 Å². The Morgan fingerprint density at radius 1 is 1.29 bits per heavy atom. The third-order valence-electron chi connectivity index (χ3n) is 5.23. The minimum Gasteiger partial charge on any atom is -0.394 e. The molecule has 2 unspecified atom stereocenters. The normalized spacial score (nSPS) is 26.9. The Morgan fingerprint density at radius 3 is 2.86 bits per heavy atom. The van der Waals surface area contributed by atoms with E-state index in [2.05, 4.69) is 33.6 Å². The Balaban J connectivity index is 1.82. The fourth-order valence-corrected chi connectivity index (χ4v) is 4.13. The van der Waals surface area contributed by atoms with Crippen molar-refractivity contribution in [2.75, 3.05) is 37.3 Å². The minimum absolute atomic E-state index is 0.764. The highest BCUT2D eigenvalue weighted by Crippen LogP contribution is 2.35. The Morgan fingerprint density at radius 2 is 2.10 bits per heavy atom. The lowest BCUT2D eigenvalue weighted by Gasteiger charge is -2.46. The summed E-state index contributed by atoms with van der Waals surface area (Å²) < 4.78 is 2.12. The highest BCUT2D eigenvalue weighted by atomic mass is 15.4. The summed E-state index contributed by atoms with van der Waals surface area (Å²) in [5.41, 5.74) is 8.18. The van der Waals surface area contributed by atoms with Crippen molar-refractivity contribution in [3.63, 3.8) is 0 Å². The maximum Gasteiger partial charge on any atom is 0.150 e. The Hall–Kier alpha value is -1.23. The molecule has 2 fully saturated rings. The van der Waals surface area contributed by atoms with Crippen molar-refractivity contribution >= 4 is 11.5 Å². The average Bonchev–Trinajstić information content (AvgIpc) is 2.74. The van der Waals surface area contributed by atoms with Crippen LogP contribution in [0.4, 0.5) is 11.5 Å². The minimum atomic E-state index is 0.764. The van der Waals surface area contributed by atoms with E-state index in [0.717, 1.165) is 49.4 Å². The van der Waals surface area contributed by atoms with Gasteiger partial charge in [0.15, 0.2) is 5.82 Å². The van der Waals surface area contributed by atoms with Gasteiger partial charge in [0, 0.05) is 25.7 Å². The number of anilines is 2. The lowest BCUT2D eigenvalue weighted by atomic mass is 9.84. The third-order valence-corrected chi connectivity index (χ3v) is 5.23. The summed E-state index contributed by atoms with van der Waals surface area (Å²) in [6.45, 7) is 8.66. The Bertz CT molecular complexity index is 495. The van der Waals surface area contributed by atoms with Crippen molar-refractivity contribution in [2.45, 2.75) is 52.1 Å². The van der Waals surface area contributed by atoms with Crippen molar-refractivity contribution in [2.24, 2.45) is 5.92 Å². The molecular formula is C16H29N5. The Kier molecular flexibility index (Phi) is 4.11. The smallest absolute Gasteiger partial charge is 0.150 e. The van der Waals surface area contributed by atoms with Crippen LogP contribution >= 0.6 is 0 Å². The van der Waals surface area contributed by atoms with Crippen LogP contribution in [0.15, 0.2) is 0 Å². The standard InChI is InChI=1S/C16H29N5/c1-4-8-21-16(15(17)12(2)18-21)20-10-7-14-13(11-20)6-5-9-19(14)3/h13-14H,4-11,17H2,1-3H3. The second-order valence-electron chi connectivity index (χ2n) is 6.73. The monoisotopic (exact) mass is 291 g/mol. The zero-order chi connectivity index (χ0) is 15.0. The topological polar surface area (TPSA) is 50.3 Å². The van der Waals surface area contributed by atoms with Crippen LogP contribution in [0.3, 0.4) is 0 Å². The number of hydrogen-bond donors (Lipinski definition) is 1. The zero-order valence-electron chi connectivity index (χ0n) is 13.7. The summed E-state index contributed by atoms with van der Waals surface area (Å²) in [5, 5.41) is 4.63. The van der Waals surface area contributed by atoms with Crippen LogP contribution in [0.2, 0.25) is 0 Å². The van der Waals surface area contributed by atoms with Gasteiger partial charge in [-0.1, -0.05) is 6.92 Å². The van der Waals surface area contributed by atoms with Gasteiger partial charge >= 0.3 is 0 Å². The first-order chi connectivity index (χ1) is 10.1. The average molecular weight is 291 g/mol. The molecule has 2 atom stereocenters. The van der Waals surface area contributed by atoms with E-state index >= 15 is 0 Å². The van der Waals surface area contributed by atoms with Crippen molar-refractivity contribution < 1.29 is 0 Å². The summed E-state index contributed by atoms with van der Waals surface area (Å²) in [5.74, 6) is 1.95. The molecule has 2 N–H and O–H groups in total. The number of likely N-dealkylation sites (tertiary alicyclic amines) is 1. The number of nitrogens with zero attached hydrogens (tertiary/aromatic N) is 4. The lowest BCUT2D eigenvalue weighted by molar-refractivity contribution is 0.102. The second kappa shape index (κ2) is 5.87. The molecular weight excluding hydrogens is 262 g/mol. The van der Waals surface area contributed by atoms with E-state index in [1.165, 1.54) is 31.6 Å². The van der Waals surface area contributed by atoms with Crippen LogP contribution in [0, 0.1) is 12.8 Å². The van der Waals surface area contributed by atoms with Gasteiger partial charge in [-0.3, -0.25) is 0 Å². The SMILES string of the molecule is CCCn1nc(C)c(N)c1N1CCC2C(CCCN2C)C1. The van der Waals surface area contributed by atoms with Crippen LogP contribution < -0.4 is 10.6 Å². The van der Waals surface area contributed by atoms with E-state index in [1.54, 1.807) is 0 Å². The van der Waals surface area contributed by atoms with Gasteiger partial charge in [-0.05, 0) is 52.1 Å². The fraction of sp³-hybridized carbons (Fsp3) is 0.812. The van der Waals surface area contributed by atoms with Crippen LogP contribution in [0.25, 0.3) is 0 Å². The van der Waals surface area contributed by atoms with Crippen molar-refractivity contribution in [3.05, 3.63) is 5.69 Å². The lowest BCUT2D eigenvalue weighted by Crippen LogP contribution is -2.53. The number of rotatable bonds is 3. The molecule has 3 rings (SSSR count). The number of nitrogen functional groups attached to an aromatic ring is 1. The molecule has 5 nitrogen and oxygen atoms in total. The van der Waals surface area contributed by atoms with E-state index in [4.69, 9.17) is 5.73 Å². The van der Waals surface area contributed by atoms with Crippen molar-refractivity contribution in [3.8, 4) is 0 Å². The van der Waals surface area contributed by atoms with E-state index < -0.39 is 0 Å². The van der Waals surface area contributed by atoms with E-state index in [9.17, 15) is 0 Å². The number of nitrogens with two attached hydrogens (primary N) is 1. The molecule has 2 aliphatic rings. The zero-order valence-corrected chi connectivity index (χ0v) is 13.7. The van der Waals surface area contributed by atoms with Gasteiger partial charge in [-0.15, -0.1) is 0 Å². The maximum atomic E-state index is 6.32. The van der Waals surface area contributed by atoms with Gasteiger partial charge in [-0.25, -0.2) is 4.68 Å². The molecule has 0 radical (unpaired) electrons. The first kappa shape index (κ1) is 14.7. The molecule has 0 aromatic carbocycles. The van der Waals surface area contributed by atoms with Crippen molar-refractivity contribution in [1.82, 2.24) is 14.7 Å². The summed E-state index contributed by atoms with van der Waals surface area (Å²) >= 11 is 0. The van der Waals surface area contributed by atoms with Gasteiger partial charge in [0.1, 0.15) is 0 Å². The molecule has 2 aliphatic heterocycles. The van der Waals surface area contributed by atoms with E-state index in [1.807, 2.05) is 6.92 Å². The number of aromatic nitrogens is 2. The molecule has 0 aliphatic carbocycles. The first-order valence-electron chi connectivity index (χ1n) is 8.40. The third kappa shape index (κ3) is 2.63. The summed E-state index contributed by atoms with van der Waals surface area (Å²) in [7, 11) is 2.28. The molecule has 2 saturated heterocycles. The Labute approximate surface area is 128 Å². The molecule has 0 bridgehead atoms. The molecule has 3 heterocycles. The van der Waals surface area contributed by atoms with Crippen LogP contribution in [-0.4, -0.2) is 47.4 Å². The predicted octanol–water partition coefficient (Wildman–Crippen LogP) is 2.10. The van der Waals surface area contributed by atoms with Gasteiger partial charge in [-0.2, -0.15) is 5.10 Å². The number of aryl methyl sites for hydroxylation is 2. The molecule has 118 valence electrons. The second-order valence-corrected chi connectivity index (χ2v) is 6.73. The van der Waals surface area contributed by atoms with Crippen LogP contribution in [-0.2, 0) is 6.54 Å². The first-order valence-corrected chi connectivity index (χ1v) is 8.40. The van der Waals surface area contributed by atoms with Gasteiger partial charge in [0.2, 0.25) is 0 Å². The molecule has 21 heavy (non-hydrogen) atoms. The predicted molar refractivity (Wildman–Crippen MR) is 87.6 cm³/mol. The summed E-state index contributed by atoms with van der Waals surface area (Å²) in [6, 6.07) is 0.764. The quantitative estimate of drug-likeness (QED) is 0.926. The number of piperidine rings is 2. The van der Waals surface area contributed by atoms with Crippen molar-refractivity contribution in [1.29, 1.82) is 0 Å². The van der Waals surface area contributed by atoms with Crippen LogP contribution in [0.5, 0.6) is 0 Å². The van der Waals surface area contributed by atoms with Gasteiger partial charge < -0.3 is 15.5 Å². The molecule has 0 amide bonds. The molecule has 1 aromatic rings. The summed E-state index contributed by atoms with van der Waals surface area (Å²) in [4.78, 5) is 5.05. The van der Waals surface area contributed by atoms with Gasteiger partial charge in [0.25, 0.3) is 0 Å². The van der Waals surface area contributed by atoms with Crippen LogP contribution in [0.1, 0.15) is 38.3 Å². The summed E-state index contributed by atoms with van der Waals surface area (Å²) in [6.07, 6.45) is 5.02. The highest BCUT2D eigenvalue weighted by Gasteiger charge is 2.35. The number of hydrogen-bond acceptors (Lipinski definition) is 4. The molecule has 0 spiro atoms. The van der Waals surface area contributed by atoms with E-state index in [-0.39, 0.29) is 0 Å². The maximum absolute atomic E-state index is 6.32. The highest BCUT2D eigenvalue weighted by molar-refractivity contribution is 5.66. The molecule has 1 aromatic heterocycles. The fourth-order valence-electron chi connectivity index (χ4n) is 4.13. The van der Waals surface area contributed by atoms with E-state index in [0.29, 0.717) is 0 Å².